The van der Waals surface area contributed by atoms with Gasteiger partial charge in [-0.25, -0.2) is 14.5 Å². The number of aryl methyl sites for hydroxylation is 1. The van der Waals surface area contributed by atoms with Crippen LogP contribution in [0, 0.1) is 0 Å². The van der Waals surface area contributed by atoms with E-state index in [4.69, 9.17) is 0 Å². The highest BCUT2D eigenvalue weighted by Crippen LogP contribution is 2.12. The maximum absolute atomic E-state index is 12.4. The number of amides is 1. The molecule has 8 nitrogen and oxygen atoms in total. The molecule has 1 amide bonds. The third-order valence-electron chi connectivity index (χ3n) is 4.51. The topological polar surface area (TPSA) is 86.2 Å². The summed E-state index contributed by atoms with van der Waals surface area (Å²) in [6.45, 7) is 0.921. The zero-order valence-corrected chi connectivity index (χ0v) is 15.8. The minimum atomic E-state index is -0.251. The van der Waals surface area contributed by atoms with Gasteiger partial charge in [0, 0.05) is 29.8 Å². The molecule has 0 spiro atoms. The van der Waals surface area contributed by atoms with Gasteiger partial charge in [0.25, 0.3) is 0 Å². The fraction of sp³-hybridized carbons (Fsp3) is 0.412. The fourth-order valence-electron chi connectivity index (χ4n) is 3.21. The average Bonchev–Trinajstić information content (AvgIpc) is 3.04. The van der Waals surface area contributed by atoms with Crippen molar-refractivity contribution < 1.29 is 4.79 Å². The van der Waals surface area contributed by atoms with E-state index in [0.29, 0.717) is 13.1 Å². The van der Waals surface area contributed by atoms with Crippen LogP contribution in [0.25, 0.3) is 5.65 Å². The lowest BCUT2D eigenvalue weighted by Gasteiger charge is -2.02. The van der Waals surface area contributed by atoms with Crippen LogP contribution in [0.2, 0.25) is 0 Å². The molecule has 0 radical (unpaired) electrons. The van der Waals surface area contributed by atoms with E-state index in [9.17, 15) is 9.59 Å². The molecule has 1 aliphatic heterocycles. The van der Waals surface area contributed by atoms with Gasteiger partial charge < -0.3 is 9.72 Å². The second kappa shape index (κ2) is 7.06. The Balaban J connectivity index is 1.41. The highest BCUT2D eigenvalue weighted by Gasteiger charge is 2.17. The van der Waals surface area contributed by atoms with Crippen molar-refractivity contribution in [2.24, 2.45) is 0 Å². The van der Waals surface area contributed by atoms with Gasteiger partial charge in [-0.1, -0.05) is 6.42 Å². The lowest BCUT2D eigenvalue weighted by Crippen LogP contribution is -2.33. The highest BCUT2D eigenvalue weighted by atomic mass is 79.9. The molecule has 0 aliphatic carbocycles. The molecule has 0 aromatic carbocycles. The molecule has 1 aliphatic rings. The number of fused-ring (bicyclic) bond motifs is 2. The number of aromatic nitrogens is 5. The molecular weight excluding hydrogens is 400 g/mol. The van der Waals surface area contributed by atoms with E-state index < -0.39 is 0 Å². The molecule has 0 fully saturated rings. The van der Waals surface area contributed by atoms with E-state index in [1.54, 1.807) is 4.57 Å². The molecule has 4 rings (SSSR count). The summed E-state index contributed by atoms with van der Waals surface area (Å²) in [6, 6.07) is 3.81. The fourth-order valence-corrected chi connectivity index (χ4v) is 3.56. The van der Waals surface area contributed by atoms with Gasteiger partial charge in [-0.3, -0.25) is 9.36 Å². The van der Waals surface area contributed by atoms with Gasteiger partial charge in [0.15, 0.2) is 0 Å². The number of halogens is 1. The summed E-state index contributed by atoms with van der Waals surface area (Å²) >= 11 is 3.42. The molecule has 0 atom stereocenters. The lowest BCUT2D eigenvalue weighted by molar-refractivity contribution is -0.122. The Hall–Kier alpha value is -2.42. The van der Waals surface area contributed by atoms with Crippen LogP contribution in [0.1, 0.15) is 30.8 Å². The molecule has 0 unspecified atom stereocenters. The van der Waals surface area contributed by atoms with Crippen molar-refractivity contribution in [3.05, 3.63) is 51.0 Å². The average molecular weight is 419 g/mol. The second-order valence-electron chi connectivity index (χ2n) is 6.44. The third kappa shape index (κ3) is 3.44. The Morgan fingerprint density at radius 3 is 3.00 bits per heavy atom. The first-order valence-electron chi connectivity index (χ1n) is 8.66. The van der Waals surface area contributed by atoms with Crippen molar-refractivity contribution in [1.29, 1.82) is 0 Å². The van der Waals surface area contributed by atoms with Gasteiger partial charge >= 0.3 is 5.69 Å². The first-order chi connectivity index (χ1) is 12.6. The monoisotopic (exact) mass is 418 g/mol. The predicted molar refractivity (Wildman–Crippen MR) is 98.8 cm³/mol. The van der Waals surface area contributed by atoms with Gasteiger partial charge in [-0.05, 0) is 40.9 Å². The van der Waals surface area contributed by atoms with Crippen LogP contribution in [0.15, 0.2) is 33.8 Å². The molecule has 26 heavy (non-hydrogen) atoms. The van der Waals surface area contributed by atoms with Gasteiger partial charge in [-0.2, -0.15) is 5.10 Å². The quantitative estimate of drug-likeness (QED) is 0.695. The van der Waals surface area contributed by atoms with E-state index >= 15 is 0 Å². The Morgan fingerprint density at radius 1 is 1.23 bits per heavy atom. The second-order valence-corrected chi connectivity index (χ2v) is 7.36. The maximum Gasteiger partial charge on any atom is 0.346 e. The zero-order valence-electron chi connectivity index (χ0n) is 14.2. The van der Waals surface area contributed by atoms with Crippen LogP contribution >= 0.6 is 15.9 Å². The van der Waals surface area contributed by atoms with Crippen molar-refractivity contribution in [2.45, 2.75) is 45.3 Å². The molecule has 0 bridgehead atoms. The van der Waals surface area contributed by atoms with Crippen molar-refractivity contribution in [1.82, 2.24) is 29.0 Å². The van der Waals surface area contributed by atoms with Crippen LogP contribution < -0.4 is 11.0 Å². The number of nitrogens with one attached hydrogen (secondary N) is 1. The summed E-state index contributed by atoms with van der Waals surface area (Å²) in [7, 11) is 0. The summed E-state index contributed by atoms with van der Waals surface area (Å²) in [5, 5.41) is 7.14. The lowest BCUT2D eigenvalue weighted by atomic mass is 10.2. The number of hydrogen-bond acceptors (Lipinski definition) is 4. The Kier molecular flexibility index (Phi) is 4.62. The summed E-state index contributed by atoms with van der Waals surface area (Å²) in [6.07, 6.45) is 7.69. The summed E-state index contributed by atoms with van der Waals surface area (Å²) < 4.78 is 5.80. The molecule has 4 heterocycles. The van der Waals surface area contributed by atoms with Crippen LogP contribution in [0.5, 0.6) is 0 Å². The standard InChI is InChI=1S/C17H19BrN6O2/c18-12-5-6-14-20-13(10-22(14)9-12)8-19-16(25)11-24-17(26)23-7-3-1-2-4-15(23)21-24/h5-6,9-10H,1-4,7-8,11H2,(H,19,25). The number of imidazole rings is 1. The Morgan fingerprint density at radius 2 is 2.12 bits per heavy atom. The summed E-state index contributed by atoms with van der Waals surface area (Å²) in [5.41, 5.74) is 1.37. The number of rotatable bonds is 4. The minimum Gasteiger partial charge on any atom is -0.349 e. The van der Waals surface area contributed by atoms with E-state index in [1.807, 2.05) is 28.9 Å². The van der Waals surface area contributed by atoms with Gasteiger partial charge in [0.1, 0.15) is 18.0 Å². The summed E-state index contributed by atoms with van der Waals surface area (Å²) in [4.78, 5) is 29.1. The van der Waals surface area contributed by atoms with Gasteiger partial charge in [0.2, 0.25) is 5.91 Å². The maximum atomic E-state index is 12.4. The van der Waals surface area contributed by atoms with Crippen LogP contribution in [0.4, 0.5) is 0 Å². The molecular formula is C17H19BrN6O2. The van der Waals surface area contributed by atoms with E-state index in [2.05, 4.69) is 31.3 Å². The Bertz CT molecular complexity index is 1020. The number of carbonyl (C=O) groups is 1. The highest BCUT2D eigenvalue weighted by molar-refractivity contribution is 9.10. The van der Waals surface area contributed by atoms with Crippen molar-refractivity contribution in [3.8, 4) is 0 Å². The molecule has 0 saturated heterocycles. The normalized spacial score (nSPS) is 14.2. The first kappa shape index (κ1) is 17.0. The van der Waals surface area contributed by atoms with Crippen molar-refractivity contribution >= 4 is 27.5 Å². The molecule has 136 valence electrons. The largest absolute Gasteiger partial charge is 0.349 e. The van der Waals surface area contributed by atoms with Gasteiger partial charge in [0.05, 0.1) is 12.2 Å². The first-order valence-corrected chi connectivity index (χ1v) is 9.46. The molecule has 0 saturated carbocycles. The smallest absolute Gasteiger partial charge is 0.346 e. The minimum absolute atomic E-state index is 0.0717. The Labute approximate surface area is 158 Å². The number of carbonyl (C=O) groups excluding carboxylic acids is 1. The summed E-state index contributed by atoms with van der Waals surface area (Å²) in [5.74, 6) is 0.532. The van der Waals surface area contributed by atoms with Crippen LogP contribution in [-0.4, -0.2) is 29.6 Å². The molecule has 3 aromatic heterocycles. The third-order valence-corrected chi connectivity index (χ3v) is 4.98. The van der Waals surface area contributed by atoms with Crippen molar-refractivity contribution in [3.63, 3.8) is 0 Å². The molecule has 9 heteroatoms. The van der Waals surface area contributed by atoms with E-state index in [0.717, 1.165) is 47.3 Å². The predicted octanol–water partition coefficient (Wildman–Crippen LogP) is 1.50. The van der Waals surface area contributed by atoms with Gasteiger partial charge in [-0.15, -0.1) is 0 Å². The number of pyridine rings is 1. The zero-order chi connectivity index (χ0) is 18.1. The van der Waals surface area contributed by atoms with E-state index in [-0.39, 0.29) is 18.1 Å². The molecule has 3 aromatic rings. The SMILES string of the molecule is O=C(Cn1nc2n(c1=O)CCCCC2)NCc1cn2cc(Br)ccc2n1. The van der Waals surface area contributed by atoms with Crippen molar-refractivity contribution in [2.75, 3.05) is 0 Å². The van der Waals surface area contributed by atoms with Crippen LogP contribution in [-0.2, 0) is 30.8 Å². The van der Waals surface area contributed by atoms with E-state index in [1.165, 1.54) is 4.68 Å². The molecule has 1 N–H and O–H groups in total. The van der Waals surface area contributed by atoms with Crippen LogP contribution in [0.3, 0.4) is 0 Å². The number of hydrogen-bond donors (Lipinski definition) is 1. The number of nitrogens with zero attached hydrogens (tertiary/aromatic N) is 5.